The minimum Gasteiger partial charge on any atom is -0.467 e. The molecule has 1 aliphatic rings. The second-order valence-electron chi connectivity index (χ2n) is 11.0. The molecule has 1 fully saturated rings. The smallest absolute Gasteiger partial charge is 0.408 e. The first-order chi connectivity index (χ1) is 21.4. The van der Waals surface area contributed by atoms with Gasteiger partial charge in [0.1, 0.15) is 35.8 Å². The average Bonchev–Trinajstić information content (AvgIpc) is 2.92. The summed E-state index contributed by atoms with van der Waals surface area (Å²) in [5.74, 6) is -4.26. The largest absolute Gasteiger partial charge is 0.467 e. The molecule has 0 aromatic heterocycles. The highest BCUT2D eigenvalue weighted by atomic mass is 32.2. The van der Waals surface area contributed by atoms with E-state index < -0.39 is 96.0 Å². The molecule has 16 nitrogen and oxygen atoms in total. The number of rotatable bonds is 15. The van der Waals surface area contributed by atoms with Crippen LogP contribution < -0.4 is 10.6 Å². The maximum Gasteiger partial charge on any atom is 0.408 e. The van der Waals surface area contributed by atoms with Gasteiger partial charge in [-0.25, -0.2) is 9.59 Å². The first-order valence-corrected chi connectivity index (χ1v) is 16.6. The molecule has 18 heteroatoms. The molecule has 1 rings (SSSR count). The van der Waals surface area contributed by atoms with Gasteiger partial charge in [0.2, 0.25) is 5.91 Å². The number of nitrogens with one attached hydrogen (secondary N) is 2. The number of carbonyl (C=O) groups excluding carboxylic acids is 7. The summed E-state index contributed by atoms with van der Waals surface area (Å²) < 4.78 is 37.6. The zero-order chi connectivity index (χ0) is 35.2. The average molecular weight is 697 g/mol. The molecule has 1 saturated heterocycles. The van der Waals surface area contributed by atoms with E-state index in [0.717, 1.165) is 39.5 Å². The third kappa shape index (κ3) is 14.9. The van der Waals surface area contributed by atoms with Crippen LogP contribution in [0.5, 0.6) is 0 Å². The highest BCUT2D eigenvalue weighted by Crippen LogP contribution is 2.34. The normalized spacial score (nSPS) is 22.2. The fourth-order valence-electron chi connectivity index (χ4n) is 4.05. The minimum atomic E-state index is -1.42. The van der Waals surface area contributed by atoms with Gasteiger partial charge < -0.3 is 43.8 Å². The number of hydrogen-bond acceptors (Lipinski definition) is 16. The maximum absolute atomic E-state index is 13.5. The summed E-state index contributed by atoms with van der Waals surface area (Å²) in [4.78, 5) is 86.4. The van der Waals surface area contributed by atoms with E-state index in [4.69, 9.17) is 33.2 Å². The van der Waals surface area contributed by atoms with Gasteiger partial charge in [-0.15, -0.1) is 11.8 Å². The van der Waals surface area contributed by atoms with Crippen molar-refractivity contribution in [1.29, 1.82) is 0 Å². The summed E-state index contributed by atoms with van der Waals surface area (Å²) in [5.41, 5.74) is -2.13. The molecule has 0 aliphatic carbocycles. The van der Waals surface area contributed by atoms with Crippen LogP contribution in [0, 0.1) is 0 Å². The van der Waals surface area contributed by atoms with Crippen molar-refractivity contribution in [2.45, 2.75) is 102 Å². The molecular weight excluding hydrogens is 652 g/mol. The first kappa shape index (κ1) is 40.8. The predicted molar refractivity (Wildman–Crippen MR) is 165 cm³/mol. The van der Waals surface area contributed by atoms with E-state index in [1.807, 2.05) is 6.26 Å². The van der Waals surface area contributed by atoms with E-state index in [1.165, 1.54) is 18.9 Å². The Morgan fingerprint density at radius 3 is 1.87 bits per heavy atom. The molecule has 2 amide bonds. The summed E-state index contributed by atoms with van der Waals surface area (Å²) in [5, 5.41) is 5.06. The number of methoxy groups -OCH3 is 1. The highest BCUT2D eigenvalue weighted by molar-refractivity contribution is 7.99. The molecule has 262 valence electrons. The fourth-order valence-corrected chi connectivity index (χ4v) is 5.76. The summed E-state index contributed by atoms with van der Waals surface area (Å²) in [6.07, 6.45) is -4.24. The quantitative estimate of drug-likeness (QED) is 0.182. The fraction of sp³-hybridized carbons (Fsp3) is 0.750. The molecule has 0 aromatic carbocycles. The van der Waals surface area contributed by atoms with Crippen molar-refractivity contribution in [2.24, 2.45) is 0 Å². The van der Waals surface area contributed by atoms with Crippen molar-refractivity contribution >= 4 is 65.4 Å². The van der Waals surface area contributed by atoms with E-state index in [9.17, 15) is 33.6 Å². The number of alkyl carbamates (subject to hydrolysis) is 1. The van der Waals surface area contributed by atoms with Gasteiger partial charge in [-0.3, -0.25) is 24.0 Å². The first-order valence-electron chi connectivity index (χ1n) is 14.2. The highest BCUT2D eigenvalue weighted by Gasteiger charge is 2.52. The molecule has 46 heavy (non-hydrogen) atoms. The summed E-state index contributed by atoms with van der Waals surface area (Å²) in [6, 6.07) is -2.36. The van der Waals surface area contributed by atoms with Gasteiger partial charge in [-0.1, -0.05) is 0 Å². The molecule has 1 aliphatic heterocycles. The number of thioether (sulfide) groups is 2. The molecule has 0 saturated carbocycles. The Kier molecular flexibility index (Phi) is 17.2. The SMILES string of the molecule is COC(=O)C(CCSC)NC(=O)C(CSC1OC(COC(C)=O)C(OC(C)=O)C(OC(C)=O)C1OC(C)=O)NC(=O)OC(C)(C)C. The molecule has 2 N–H and O–H groups in total. The van der Waals surface area contributed by atoms with E-state index in [-0.39, 0.29) is 12.2 Å². The second kappa shape index (κ2) is 19.4. The molecule has 7 unspecified atom stereocenters. The Morgan fingerprint density at radius 1 is 0.804 bits per heavy atom. The molecule has 1 heterocycles. The number of ether oxygens (including phenoxy) is 7. The van der Waals surface area contributed by atoms with Crippen molar-refractivity contribution in [2.75, 3.05) is 31.5 Å². The maximum atomic E-state index is 13.5. The van der Waals surface area contributed by atoms with Crippen molar-refractivity contribution in [1.82, 2.24) is 10.6 Å². The van der Waals surface area contributed by atoms with E-state index >= 15 is 0 Å². The van der Waals surface area contributed by atoms with Gasteiger partial charge in [0.25, 0.3) is 0 Å². The topological polar surface area (TPSA) is 208 Å². The van der Waals surface area contributed by atoms with Crippen LogP contribution in [0.15, 0.2) is 0 Å². The molecule has 7 atom stereocenters. The van der Waals surface area contributed by atoms with Crippen LogP contribution in [-0.4, -0.2) is 121 Å². The lowest BCUT2D eigenvalue weighted by Crippen LogP contribution is -2.62. The van der Waals surface area contributed by atoms with Crippen LogP contribution in [0.2, 0.25) is 0 Å². The lowest BCUT2D eigenvalue weighted by atomic mass is 9.99. The van der Waals surface area contributed by atoms with Gasteiger partial charge in [-0.2, -0.15) is 11.8 Å². The summed E-state index contributed by atoms with van der Waals surface area (Å²) in [6.45, 7) is 8.88. The van der Waals surface area contributed by atoms with Gasteiger partial charge >= 0.3 is 35.9 Å². The molecule has 0 spiro atoms. The number of carbonyl (C=O) groups is 7. The monoisotopic (exact) mass is 696 g/mol. The molecule has 0 radical (unpaired) electrons. The van der Waals surface area contributed by atoms with Crippen LogP contribution in [0.25, 0.3) is 0 Å². The van der Waals surface area contributed by atoms with Crippen LogP contribution >= 0.6 is 23.5 Å². The second-order valence-corrected chi connectivity index (χ2v) is 13.1. The molecule has 0 bridgehead atoms. The van der Waals surface area contributed by atoms with Gasteiger partial charge in [0.15, 0.2) is 18.3 Å². The zero-order valence-electron chi connectivity index (χ0n) is 27.4. The minimum absolute atomic E-state index is 0.242. The van der Waals surface area contributed by atoms with E-state index in [2.05, 4.69) is 10.6 Å². The van der Waals surface area contributed by atoms with E-state index in [0.29, 0.717) is 5.75 Å². The van der Waals surface area contributed by atoms with Crippen LogP contribution in [0.1, 0.15) is 54.9 Å². The van der Waals surface area contributed by atoms with Gasteiger partial charge in [0, 0.05) is 33.4 Å². The number of esters is 5. The Hall–Kier alpha value is -3.25. The van der Waals surface area contributed by atoms with Gasteiger partial charge in [-0.05, 0) is 39.2 Å². The predicted octanol–water partition coefficient (Wildman–Crippen LogP) is 1.11. The van der Waals surface area contributed by atoms with Gasteiger partial charge in [0.05, 0.1) is 7.11 Å². The van der Waals surface area contributed by atoms with Crippen molar-refractivity contribution in [3.8, 4) is 0 Å². The standard InChI is InChI=1S/C28H44N2O14S2/c1-14(31)39-12-20-21(40-15(2)32)22(41-16(3)33)23(42-17(4)34)26(43-20)46-13-19(30-27(37)44-28(5,6)7)24(35)29-18(10-11-45-9)25(36)38-8/h18-23,26H,10-13H2,1-9H3,(H,29,35)(H,30,37). The molecule has 0 aromatic rings. The Balaban J connectivity index is 3.48. The Morgan fingerprint density at radius 2 is 1.37 bits per heavy atom. The van der Waals surface area contributed by atoms with Crippen LogP contribution in [0.4, 0.5) is 4.79 Å². The van der Waals surface area contributed by atoms with Crippen LogP contribution in [-0.2, 0) is 61.9 Å². The van der Waals surface area contributed by atoms with Crippen molar-refractivity contribution in [3.05, 3.63) is 0 Å². The number of hydrogen-bond donors (Lipinski definition) is 2. The lowest BCUT2D eigenvalue weighted by Gasteiger charge is -2.44. The van der Waals surface area contributed by atoms with Crippen molar-refractivity contribution < 1.29 is 66.7 Å². The zero-order valence-corrected chi connectivity index (χ0v) is 29.0. The third-order valence-electron chi connectivity index (χ3n) is 5.80. The summed E-state index contributed by atoms with van der Waals surface area (Å²) in [7, 11) is 1.18. The lowest BCUT2D eigenvalue weighted by molar-refractivity contribution is -0.237. The molecular formula is C28H44N2O14S2. The van der Waals surface area contributed by atoms with Crippen molar-refractivity contribution in [3.63, 3.8) is 0 Å². The number of amides is 2. The third-order valence-corrected chi connectivity index (χ3v) is 7.67. The Labute approximate surface area is 276 Å². The van der Waals surface area contributed by atoms with Crippen LogP contribution in [0.3, 0.4) is 0 Å². The summed E-state index contributed by atoms with van der Waals surface area (Å²) >= 11 is 2.32. The van der Waals surface area contributed by atoms with E-state index in [1.54, 1.807) is 20.8 Å². The Bertz CT molecular complexity index is 1100.